The molecule has 0 radical (unpaired) electrons. The van der Waals surface area contributed by atoms with Gasteiger partial charge in [0, 0.05) is 39.5 Å². The summed E-state index contributed by atoms with van der Waals surface area (Å²) in [6, 6.07) is 49.4. The predicted molar refractivity (Wildman–Crippen MR) is 203 cm³/mol. The van der Waals surface area contributed by atoms with Gasteiger partial charge in [-0.15, -0.1) is 0 Å². The maximum atomic E-state index is 2.36. The van der Waals surface area contributed by atoms with Gasteiger partial charge in [0.05, 0.1) is 0 Å². The van der Waals surface area contributed by atoms with Gasteiger partial charge in [-0.3, -0.25) is 0 Å². The molecule has 0 N–H and O–H groups in total. The summed E-state index contributed by atoms with van der Waals surface area (Å²) in [6.07, 6.45) is 0. The topological polar surface area (TPSA) is 6.48 Å². The molecule has 0 aliphatic carbocycles. The Balaban J connectivity index is 1.34. The molecular formula is C45H46N2. The minimum Gasteiger partial charge on any atom is -0.310 e. The Kier molecular flexibility index (Phi) is 8.80. The quantitative estimate of drug-likeness (QED) is 0.168. The summed E-state index contributed by atoms with van der Waals surface area (Å²) in [6.45, 7) is 17.6. The number of rotatable bonds is 8. The number of anilines is 6. The van der Waals surface area contributed by atoms with Crippen LogP contribution in [0.25, 0.3) is 0 Å². The van der Waals surface area contributed by atoms with E-state index in [0.29, 0.717) is 0 Å². The van der Waals surface area contributed by atoms with E-state index in [-0.39, 0.29) is 5.41 Å². The van der Waals surface area contributed by atoms with E-state index >= 15 is 0 Å². The number of hydrogen-bond acceptors (Lipinski definition) is 2. The molecule has 0 heterocycles. The SMILES string of the molecule is Cc1ccc(N(c2ccc(C(C)(C)c3ccc(N(c4ccc(C)cc4)c4cc(C)cc(C)c4)cc3)cc2)c2cc(C)cc(C)c2)cc1. The van der Waals surface area contributed by atoms with Crippen molar-refractivity contribution in [3.8, 4) is 0 Å². The second-order valence-corrected chi connectivity index (χ2v) is 13.8. The van der Waals surface area contributed by atoms with Crippen LogP contribution in [0.3, 0.4) is 0 Å². The van der Waals surface area contributed by atoms with Gasteiger partial charge in [0.25, 0.3) is 0 Å². The predicted octanol–water partition coefficient (Wildman–Crippen LogP) is 12.8. The normalized spacial score (nSPS) is 11.4. The van der Waals surface area contributed by atoms with Gasteiger partial charge in [0.15, 0.2) is 0 Å². The lowest BCUT2D eigenvalue weighted by Gasteiger charge is -2.30. The first-order valence-corrected chi connectivity index (χ1v) is 16.6. The lowest BCUT2D eigenvalue weighted by Crippen LogP contribution is -2.19. The van der Waals surface area contributed by atoms with Gasteiger partial charge in [0.1, 0.15) is 0 Å². The second-order valence-electron chi connectivity index (χ2n) is 13.8. The van der Waals surface area contributed by atoms with Crippen molar-refractivity contribution in [2.24, 2.45) is 0 Å². The summed E-state index contributed by atoms with van der Waals surface area (Å²) in [4.78, 5) is 4.72. The first-order chi connectivity index (χ1) is 22.5. The Morgan fingerprint density at radius 3 is 0.830 bits per heavy atom. The monoisotopic (exact) mass is 614 g/mol. The smallest absolute Gasteiger partial charge is 0.0466 e. The summed E-state index contributed by atoms with van der Waals surface area (Å²) in [5.41, 5.74) is 16.9. The number of nitrogens with zero attached hydrogens (tertiary/aromatic N) is 2. The number of aryl methyl sites for hydroxylation is 6. The van der Waals surface area contributed by atoms with E-state index in [4.69, 9.17) is 0 Å². The van der Waals surface area contributed by atoms with Gasteiger partial charge in [0.2, 0.25) is 0 Å². The van der Waals surface area contributed by atoms with Crippen LogP contribution in [0.4, 0.5) is 34.1 Å². The molecule has 47 heavy (non-hydrogen) atoms. The molecule has 0 aromatic heterocycles. The highest BCUT2D eigenvalue weighted by Gasteiger charge is 2.25. The minimum atomic E-state index is -0.180. The van der Waals surface area contributed by atoms with Crippen molar-refractivity contribution in [3.05, 3.63) is 178 Å². The third-order valence-electron chi connectivity index (χ3n) is 9.21. The lowest BCUT2D eigenvalue weighted by molar-refractivity contribution is 0.641. The zero-order chi connectivity index (χ0) is 33.3. The summed E-state index contributed by atoms with van der Waals surface area (Å²) in [5, 5.41) is 0. The van der Waals surface area contributed by atoms with Gasteiger partial charge in [-0.05, 0) is 148 Å². The zero-order valence-electron chi connectivity index (χ0n) is 29.1. The molecule has 0 amide bonds. The first-order valence-electron chi connectivity index (χ1n) is 16.6. The van der Waals surface area contributed by atoms with Crippen LogP contribution in [-0.4, -0.2) is 0 Å². The third-order valence-corrected chi connectivity index (χ3v) is 9.21. The Morgan fingerprint density at radius 1 is 0.298 bits per heavy atom. The third kappa shape index (κ3) is 6.88. The van der Waals surface area contributed by atoms with E-state index in [0.717, 1.165) is 22.7 Å². The second kappa shape index (κ2) is 13.0. The van der Waals surface area contributed by atoms with Gasteiger partial charge in [-0.2, -0.15) is 0 Å². The van der Waals surface area contributed by atoms with E-state index in [2.05, 4.69) is 199 Å². The Bertz CT molecular complexity index is 1790. The van der Waals surface area contributed by atoms with Gasteiger partial charge < -0.3 is 9.80 Å². The molecule has 6 aromatic rings. The molecule has 6 rings (SSSR count). The summed E-state index contributed by atoms with van der Waals surface area (Å²) in [7, 11) is 0. The lowest BCUT2D eigenvalue weighted by atomic mass is 9.78. The van der Waals surface area contributed by atoms with Crippen LogP contribution >= 0.6 is 0 Å². The summed E-state index contributed by atoms with van der Waals surface area (Å²) < 4.78 is 0. The molecule has 6 aromatic carbocycles. The van der Waals surface area contributed by atoms with Crippen molar-refractivity contribution in [1.29, 1.82) is 0 Å². The zero-order valence-corrected chi connectivity index (χ0v) is 29.1. The van der Waals surface area contributed by atoms with Crippen LogP contribution in [0, 0.1) is 41.5 Å². The Morgan fingerprint density at radius 2 is 0.553 bits per heavy atom. The molecule has 0 saturated heterocycles. The fourth-order valence-corrected chi connectivity index (χ4v) is 6.66. The van der Waals surface area contributed by atoms with Crippen LogP contribution in [-0.2, 0) is 5.41 Å². The maximum absolute atomic E-state index is 2.36. The standard InChI is InChI=1S/C45H46N2/c1-31-9-17-39(18-10-31)46(43-27-33(3)25-34(4)28-43)41-21-13-37(14-22-41)45(7,8)38-15-23-42(24-16-38)47(40-19-11-32(2)12-20-40)44-29-35(5)26-36(6)30-44/h9-30H,1-8H3. The summed E-state index contributed by atoms with van der Waals surface area (Å²) in [5.74, 6) is 0. The van der Waals surface area contributed by atoms with Crippen LogP contribution in [0.5, 0.6) is 0 Å². The molecule has 0 aliphatic rings. The van der Waals surface area contributed by atoms with E-state index in [1.807, 2.05) is 0 Å². The molecule has 2 nitrogen and oxygen atoms in total. The van der Waals surface area contributed by atoms with Gasteiger partial charge >= 0.3 is 0 Å². The van der Waals surface area contributed by atoms with Crippen molar-refractivity contribution >= 4 is 34.1 Å². The average molecular weight is 615 g/mol. The molecule has 0 aliphatic heterocycles. The molecule has 0 bridgehead atoms. The Labute approximate surface area is 282 Å². The van der Waals surface area contributed by atoms with Gasteiger partial charge in [-0.25, -0.2) is 0 Å². The highest BCUT2D eigenvalue weighted by atomic mass is 15.1. The van der Waals surface area contributed by atoms with Gasteiger partial charge in [-0.1, -0.05) is 85.6 Å². The van der Waals surface area contributed by atoms with E-state index in [1.165, 1.54) is 55.9 Å². The largest absolute Gasteiger partial charge is 0.310 e. The van der Waals surface area contributed by atoms with Crippen LogP contribution in [0.1, 0.15) is 58.4 Å². The molecule has 236 valence electrons. The Hall–Kier alpha value is -5.08. The molecule has 0 fully saturated rings. The molecular weight excluding hydrogens is 569 g/mol. The molecule has 0 spiro atoms. The van der Waals surface area contributed by atoms with Crippen molar-refractivity contribution < 1.29 is 0 Å². The van der Waals surface area contributed by atoms with E-state index < -0.39 is 0 Å². The van der Waals surface area contributed by atoms with Crippen molar-refractivity contribution in [2.75, 3.05) is 9.80 Å². The van der Waals surface area contributed by atoms with Crippen molar-refractivity contribution in [1.82, 2.24) is 0 Å². The van der Waals surface area contributed by atoms with E-state index in [9.17, 15) is 0 Å². The fraction of sp³-hybridized carbons (Fsp3) is 0.200. The summed E-state index contributed by atoms with van der Waals surface area (Å²) >= 11 is 0. The fourth-order valence-electron chi connectivity index (χ4n) is 6.66. The number of benzene rings is 6. The van der Waals surface area contributed by atoms with Crippen molar-refractivity contribution in [2.45, 2.75) is 60.8 Å². The van der Waals surface area contributed by atoms with Crippen molar-refractivity contribution in [3.63, 3.8) is 0 Å². The minimum absolute atomic E-state index is 0.180. The first kappa shape index (κ1) is 31.9. The van der Waals surface area contributed by atoms with E-state index in [1.54, 1.807) is 0 Å². The van der Waals surface area contributed by atoms with Crippen LogP contribution in [0.15, 0.2) is 133 Å². The highest BCUT2D eigenvalue weighted by Crippen LogP contribution is 2.40. The molecule has 0 saturated carbocycles. The average Bonchev–Trinajstić information content (AvgIpc) is 3.03. The van der Waals surface area contributed by atoms with Crippen LogP contribution in [0.2, 0.25) is 0 Å². The van der Waals surface area contributed by atoms with Crippen LogP contribution < -0.4 is 9.80 Å². The highest BCUT2D eigenvalue weighted by molar-refractivity contribution is 5.79. The maximum Gasteiger partial charge on any atom is 0.0466 e. The molecule has 0 unspecified atom stereocenters. The number of hydrogen-bond donors (Lipinski definition) is 0. The molecule has 2 heteroatoms. The molecule has 0 atom stereocenters.